The average molecular weight is 241 g/mol. The highest BCUT2D eigenvalue weighted by atomic mass is 16.2. The minimum absolute atomic E-state index is 0.203. The highest BCUT2D eigenvalue weighted by molar-refractivity contribution is 6.07. The van der Waals surface area contributed by atoms with E-state index in [2.05, 4.69) is 20.4 Å². The molecule has 6 nitrogen and oxygen atoms in total. The third-order valence-corrected chi connectivity index (χ3v) is 2.75. The molecule has 0 unspecified atom stereocenters. The van der Waals surface area contributed by atoms with Crippen LogP contribution in [0, 0.1) is 0 Å². The van der Waals surface area contributed by atoms with Crippen molar-refractivity contribution >= 4 is 22.6 Å². The first-order valence-electron chi connectivity index (χ1n) is 5.47. The van der Waals surface area contributed by atoms with Crippen LogP contribution in [-0.2, 0) is 7.05 Å². The Bertz CT molecular complexity index is 712. The molecule has 3 rings (SSSR count). The second-order valence-corrected chi connectivity index (χ2v) is 3.90. The second-order valence-electron chi connectivity index (χ2n) is 3.90. The molecule has 0 radical (unpaired) electrons. The zero-order valence-electron chi connectivity index (χ0n) is 9.71. The van der Waals surface area contributed by atoms with Gasteiger partial charge in [0.25, 0.3) is 5.91 Å². The zero-order valence-corrected chi connectivity index (χ0v) is 9.71. The van der Waals surface area contributed by atoms with E-state index in [9.17, 15) is 4.79 Å². The Balaban J connectivity index is 1.95. The SMILES string of the molecule is Cn1nccc1C(=O)Nc1cccc2[nH]cnc12. The maximum atomic E-state index is 12.1. The van der Waals surface area contributed by atoms with Crippen LogP contribution in [-0.4, -0.2) is 25.7 Å². The summed E-state index contributed by atoms with van der Waals surface area (Å²) in [5.74, 6) is -0.203. The number of aromatic amines is 1. The molecule has 0 saturated heterocycles. The van der Waals surface area contributed by atoms with E-state index in [1.807, 2.05) is 18.2 Å². The summed E-state index contributed by atoms with van der Waals surface area (Å²) < 4.78 is 1.53. The molecule has 6 heteroatoms. The van der Waals surface area contributed by atoms with E-state index in [0.29, 0.717) is 11.4 Å². The summed E-state index contributed by atoms with van der Waals surface area (Å²) in [5.41, 5.74) is 2.81. The fourth-order valence-corrected chi connectivity index (χ4v) is 1.85. The van der Waals surface area contributed by atoms with Gasteiger partial charge in [-0.3, -0.25) is 9.48 Å². The largest absolute Gasteiger partial charge is 0.345 e. The summed E-state index contributed by atoms with van der Waals surface area (Å²) in [6.45, 7) is 0. The number of nitrogens with one attached hydrogen (secondary N) is 2. The number of H-pyrrole nitrogens is 1. The molecule has 1 amide bonds. The van der Waals surface area contributed by atoms with E-state index in [1.165, 1.54) is 4.68 Å². The predicted molar refractivity (Wildman–Crippen MR) is 67.3 cm³/mol. The molecule has 0 fully saturated rings. The van der Waals surface area contributed by atoms with Crippen LogP contribution in [0.2, 0.25) is 0 Å². The van der Waals surface area contributed by atoms with Crippen LogP contribution in [0.25, 0.3) is 11.0 Å². The van der Waals surface area contributed by atoms with E-state index < -0.39 is 0 Å². The van der Waals surface area contributed by atoms with Crippen LogP contribution >= 0.6 is 0 Å². The van der Waals surface area contributed by atoms with E-state index in [4.69, 9.17) is 0 Å². The molecule has 0 atom stereocenters. The van der Waals surface area contributed by atoms with Gasteiger partial charge in [0.2, 0.25) is 0 Å². The lowest BCUT2D eigenvalue weighted by Crippen LogP contribution is -2.16. The van der Waals surface area contributed by atoms with Gasteiger partial charge < -0.3 is 10.3 Å². The number of imidazole rings is 1. The van der Waals surface area contributed by atoms with E-state index >= 15 is 0 Å². The molecule has 2 N–H and O–H groups in total. The van der Waals surface area contributed by atoms with Crippen molar-refractivity contribution in [1.29, 1.82) is 0 Å². The van der Waals surface area contributed by atoms with Gasteiger partial charge in [-0.1, -0.05) is 6.07 Å². The summed E-state index contributed by atoms with van der Waals surface area (Å²) in [6, 6.07) is 7.25. The number of para-hydroxylation sites is 1. The van der Waals surface area contributed by atoms with Gasteiger partial charge >= 0.3 is 0 Å². The quantitative estimate of drug-likeness (QED) is 0.714. The van der Waals surface area contributed by atoms with Crippen LogP contribution in [0.5, 0.6) is 0 Å². The molecule has 0 saturated carbocycles. The van der Waals surface area contributed by atoms with E-state index in [-0.39, 0.29) is 5.91 Å². The number of benzene rings is 1. The molecule has 0 spiro atoms. The molecule has 90 valence electrons. The first-order valence-corrected chi connectivity index (χ1v) is 5.47. The molecular weight excluding hydrogens is 230 g/mol. The van der Waals surface area contributed by atoms with Gasteiger partial charge in [0.15, 0.2) is 0 Å². The van der Waals surface area contributed by atoms with E-state index in [1.54, 1.807) is 25.6 Å². The summed E-state index contributed by atoms with van der Waals surface area (Å²) >= 11 is 0. The minimum Gasteiger partial charge on any atom is -0.345 e. The summed E-state index contributed by atoms with van der Waals surface area (Å²) in [6.07, 6.45) is 3.19. The van der Waals surface area contributed by atoms with Gasteiger partial charge in [-0.05, 0) is 18.2 Å². The zero-order chi connectivity index (χ0) is 12.5. The number of carbonyl (C=O) groups is 1. The summed E-state index contributed by atoms with van der Waals surface area (Å²) in [4.78, 5) is 19.2. The molecular formula is C12H11N5O. The Morgan fingerprint density at radius 3 is 3.06 bits per heavy atom. The normalized spacial score (nSPS) is 10.7. The maximum Gasteiger partial charge on any atom is 0.273 e. The van der Waals surface area contributed by atoms with Crippen molar-refractivity contribution in [3.8, 4) is 0 Å². The van der Waals surface area contributed by atoms with Gasteiger partial charge in [0.1, 0.15) is 11.2 Å². The first-order chi connectivity index (χ1) is 8.75. The first kappa shape index (κ1) is 10.5. The van der Waals surface area contributed by atoms with Crippen molar-refractivity contribution in [2.75, 3.05) is 5.32 Å². The Labute approximate surface area is 103 Å². The van der Waals surface area contributed by atoms with Crippen molar-refractivity contribution in [3.05, 3.63) is 42.5 Å². The van der Waals surface area contributed by atoms with Crippen molar-refractivity contribution in [1.82, 2.24) is 19.7 Å². The lowest BCUT2D eigenvalue weighted by Gasteiger charge is -2.05. The molecule has 0 bridgehead atoms. The van der Waals surface area contributed by atoms with Crippen LogP contribution in [0.3, 0.4) is 0 Å². The number of hydrogen-bond acceptors (Lipinski definition) is 3. The lowest BCUT2D eigenvalue weighted by molar-refractivity contribution is 0.101. The van der Waals surface area contributed by atoms with Crippen LogP contribution in [0.15, 0.2) is 36.8 Å². The van der Waals surface area contributed by atoms with Gasteiger partial charge in [0, 0.05) is 13.2 Å². The smallest absolute Gasteiger partial charge is 0.273 e. The number of carbonyl (C=O) groups excluding carboxylic acids is 1. The standard InChI is InChI=1S/C12H11N5O/c1-17-10(5-6-15-17)12(18)16-9-4-2-3-8-11(9)14-7-13-8/h2-7H,1H3,(H,13,14)(H,16,18). The Hall–Kier alpha value is -2.63. The molecule has 0 aliphatic heterocycles. The number of anilines is 1. The maximum absolute atomic E-state index is 12.1. The number of nitrogens with zero attached hydrogens (tertiary/aromatic N) is 3. The highest BCUT2D eigenvalue weighted by Crippen LogP contribution is 2.20. The highest BCUT2D eigenvalue weighted by Gasteiger charge is 2.12. The van der Waals surface area contributed by atoms with Gasteiger partial charge in [0.05, 0.1) is 17.5 Å². The summed E-state index contributed by atoms with van der Waals surface area (Å²) in [5, 5.41) is 6.80. The Morgan fingerprint density at radius 2 is 2.28 bits per heavy atom. The predicted octanol–water partition coefficient (Wildman–Crippen LogP) is 1.55. The number of fused-ring (bicyclic) bond motifs is 1. The van der Waals surface area contributed by atoms with Gasteiger partial charge in [-0.25, -0.2) is 4.98 Å². The third-order valence-electron chi connectivity index (χ3n) is 2.75. The third kappa shape index (κ3) is 1.64. The molecule has 3 aromatic rings. The van der Waals surface area contributed by atoms with Crippen LogP contribution in [0.4, 0.5) is 5.69 Å². The second kappa shape index (κ2) is 3.99. The molecule has 0 aliphatic carbocycles. The number of aromatic nitrogens is 4. The van der Waals surface area contributed by atoms with Gasteiger partial charge in [-0.15, -0.1) is 0 Å². The number of aryl methyl sites for hydroxylation is 1. The van der Waals surface area contributed by atoms with Crippen LogP contribution in [0.1, 0.15) is 10.5 Å². The molecule has 0 aliphatic rings. The molecule has 2 heterocycles. The number of hydrogen-bond donors (Lipinski definition) is 2. The fourth-order valence-electron chi connectivity index (χ4n) is 1.85. The lowest BCUT2D eigenvalue weighted by atomic mass is 10.2. The monoisotopic (exact) mass is 241 g/mol. The number of rotatable bonds is 2. The molecule has 2 aromatic heterocycles. The summed E-state index contributed by atoms with van der Waals surface area (Å²) in [7, 11) is 1.73. The van der Waals surface area contributed by atoms with Crippen molar-refractivity contribution in [3.63, 3.8) is 0 Å². The van der Waals surface area contributed by atoms with Crippen LogP contribution < -0.4 is 5.32 Å². The molecule has 1 aromatic carbocycles. The van der Waals surface area contributed by atoms with Crippen molar-refractivity contribution in [2.45, 2.75) is 0 Å². The Kier molecular flexibility index (Phi) is 2.33. The molecule has 18 heavy (non-hydrogen) atoms. The van der Waals surface area contributed by atoms with Gasteiger partial charge in [-0.2, -0.15) is 5.10 Å². The van der Waals surface area contributed by atoms with E-state index in [0.717, 1.165) is 11.0 Å². The topological polar surface area (TPSA) is 75.6 Å². The number of amides is 1. The Morgan fingerprint density at radius 1 is 1.39 bits per heavy atom. The minimum atomic E-state index is -0.203. The fraction of sp³-hybridized carbons (Fsp3) is 0.0833. The van der Waals surface area contributed by atoms with Crippen molar-refractivity contribution in [2.24, 2.45) is 7.05 Å². The average Bonchev–Trinajstić information content (AvgIpc) is 2.97. The van der Waals surface area contributed by atoms with Crippen molar-refractivity contribution < 1.29 is 4.79 Å².